The van der Waals surface area contributed by atoms with E-state index >= 15 is 0 Å². The summed E-state index contributed by atoms with van der Waals surface area (Å²) in [6.07, 6.45) is 0.951. The molecule has 2 nitrogen and oxygen atoms in total. The molecule has 0 amide bonds. The van der Waals surface area contributed by atoms with E-state index in [1.807, 2.05) is 6.92 Å². The Morgan fingerprint density at radius 1 is 1.24 bits per heavy atom. The van der Waals surface area contributed by atoms with Crippen LogP contribution in [0.3, 0.4) is 0 Å². The quantitative estimate of drug-likeness (QED) is 0.848. The Morgan fingerprint density at radius 3 is 2.29 bits per heavy atom. The van der Waals surface area contributed by atoms with Gasteiger partial charge >= 0.3 is 0 Å². The van der Waals surface area contributed by atoms with Gasteiger partial charge in [-0.15, -0.1) is 0 Å². The van der Waals surface area contributed by atoms with Crippen LogP contribution >= 0.6 is 0 Å². The number of hydrogen-bond donors (Lipinski definition) is 1. The number of rotatable bonds is 5. The zero-order valence-electron chi connectivity index (χ0n) is 11.6. The van der Waals surface area contributed by atoms with E-state index in [9.17, 15) is 5.11 Å². The van der Waals surface area contributed by atoms with Crippen molar-refractivity contribution in [3.63, 3.8) is 0 Å². The van der Waals surface area contributed by atoms with Crippen molar-refractivity contribution in [1.82, 2.24) is 0 Å². The highest BCUT2D eigenvalue weighted by Gasteiger charge is 2.19. The van der Waals surface area contributed by atoms with E-state index in [2.05, 4.69) is 32.9 Å². The molecule has 0 aliphatic heterocycles. The molecule has 0 radical (unpaired) electrons. The van der Waals surface area contributed by atoms with Crippen LogP contribution in [0.5, 0.6) is 5.75 Å². The average Bonchev–Trinajstić information content (AvgIpc) is 2.35. The van der Waals surface area contributed by atoms with Gasteiger partial charge in [-0.2, -0.15) is 0 Å². The fourth-order valence-corrected chi connectivity index (χ4v) is 2.28. The van der Waals surface area contributed by atoms with Crippen LogP contribution in [0.2, 0.25) is 0 Å². The Kier molecular flexibility index (Phi) is 5.01. The van der Waals surface area contributed by atoms with Crippen LogP contribution in [0.4, 0.5) is 0 Å². The highest BCUT2D eigenvalue weighted by atomic mass is 16.5. The molecule has 1 rings (SSSR count). The van der Waals surface area contributed by atoms with Gasteiger partial charge in [0.05, 0.1) is 7.11 Å². The van der Waals surface area contributed by atoms with Crippen molar-refractivity contribution < 1.29 is 9.84 Å². The van der Waals surface area contributed by atoms with Crippen molar-refractivity contribution in [2.24, 2.45) is 0 Å². The van der Waals surface area contributed by atoms with Crippen LogP contribution in [-0.2, 0) is 6.42 Å². The van der Waals surface area contributed by atoms with Crippen molar-refractivity contribution in [2.75, 3.05) is 13.7 Å². The summed E-state index contributed by atoms with van der Waals surface area (Å²) in [6.45, 7) is 8.68. The molecular formula is C15H24O2. The third-order valence-electron chi connectivity index (χ3n) is 3.29. The van der Waals surface area contributed by atoms with Crippen LogP contribution in [0, 0.1) is 0 Å². The second kappa shape index (κ2) is 6.06. The summed E-state index contributed by atoms with van der Waals surface area (Å²) in [7, 11) is 1.71. The summed E-state index contributed by atoms with van der Waals surface area (Å²) in [6, 6.07) is 4.31. The van der Waals surface area contributed by atoms with Crippen LogP contribution in [0.1, 0.15) is 56.2 Å². The number of ether oxygens (including phenoxy) is 1. The second-order valence-electron chi connectivity index (χ2n) is 4.85. The van der Waals surface area contributed by atoms with E-state index in [4.69, 9.17) is 4.74 Å². The Bertz CT molecular complexity index is 369. The van der Waals surface area contributed by atoms with Gasteiger partial charge in [-0.1, -0.05) is 39.8 Å². The monoisotopic (exact) mass is 236 g/mol. The first-order chi connectivity index (χ1) is 8.06. The smallest absolute Gasteiger partial charge is 0.125 e. The summed E-state index contributed by atoms with van der Waals surface area (Å²) < 4.78 is 5.57. The molecule has 0 aliphatic rings. The first kappa shape index (κ1) is 14.0. The van der Waals surface area contributed by atoms with Crippen LogP contribution < -0.4 is 4.74 Å². The molecule has 96 valence electrons. The van der Waals surface area contributed by atoms with Crippen molar-refractivity contribution >= 4 is 0 Å². The van der Waals surface area contributed by atoms with Crippen molar-refractivity contribution in [2.45, 2.75) is 46.0 Å². The summed E-state index contributed by atoms with van der Waals surface area (Å²) in [5.41, 5.74) is 3.66. The molecule has 1 aromatic rings. The van der Waals surface area contributed by atoms with E-state index in [1.54, 1.807) is 7.11 Å². The number of methoxy groups -OCH3 is 1. The molecule has 1 aromatic carbocycles. The van der Waals surface area contributed by atoms with Gasteiger partial charge in [-0.3, -0.25) is 0 Å². The number of aliphatic hydroxyl groups excluding tert-OH is 1. The normalized spacial score (nSPS) is 12.9. The number of benzene rings is 1. The highest BCUT2D eigenvalue weighted by Crippen LogP contribution is 2.36. The van der Waals surface area contributed by atoms with Crippen molar-refractivity contribution in [3.05, 3.63) is 28.8 Å². The Morgan fingerprint density at radius 2 is 1.88 bits per heavy atom. The molecule has 0 fully saturated rings. The molecule has 0 spiro atoms. The van der Waals surface area contributed by atoms with Gasteiger partial charge in [0, 0.05) is 18.1 Å². The van der Waals surface area contributed by atoms with Gasteiger partial charge in [0.25, 0.3) is 0 Å². The summed E-state index contributed by atoms with van der Waals surface area (Å²) in [5.74, 6) is 1.52. The zero-order chi connectivity index (χ0) is 13.0. The standard InChI is InChI=1S/C15H24O2/c1-6-12-7-8-13(10(2)3)14(11(4)9-16)15(12)17-5/h7-8,10-11,16H,6,9H2,1-5H3. The molecule has 0 saturated carbocycles. The van der Waals surface area contributed by atoms with Gasteiger partial charge in [-0.05, 0) is 23.5 Å². The van der Waals surface area contributed by atoms with E-state index in [-0.39, 0.29) is 12.5 Å². The predicted molar refractivity (Wildman–Crippen MR) is 72.0 cm³/mol. The Hall–Kier alpha value is -1.02. The largest absolute Gasteiger partial charge is 0.496 e. The molecule has 1 atom stereocenters. The van der Waals surface area contributed by atoms with E-state index in [0.29, 0.717) is 5.92 Å². The fraction of sp³-hybridized carbons (Fsp3) is 0.600. The van der Waals surface area contributed by atoms with Crippen molar-refractivity contribution in [3.8, 4) is 5.75 Å². The lowest BCUT2D eigenvalue weighted by Gasteiger charge is -2.22. The fourth-order valence-electron chi connectivity index (χ4n) is 2.28. The average molecular weight is 236 g/mol. The minimum Gasteiger partial charge on any atom is -0.496 e. The molecule has 17 heavy (non-hydrogen) atoms. The Labute approximate surface area is 105 Å². The summed E-state index contributed by atoms with van der Waals surface area (Å²) in [4.78, 5) is 0. The van der Waals surface area contributed by atoms with E-state index < -0.39 is 0 Å². The van der Waals surface area contributed by atoms with E-state index in [1.165, 1.54) is 16.7 Å². The van der Waals surface area contributed by atoms with Crippen LogP contribution in [-0.4, -0.2) is 18.8 Å². The minimum atomic E-state index is 0.119. The SMILES string of the molecule is CCc1ccc(C(C)C)c(C(C)CO)c1OC. The topological polar surface area (TPSA) is 29.5 Å². The zero-order valence-corrected chi connectivity index (χ0v) is 11.6. The molecule has 2 heteroatoms. The van der Waals surface area contributed by atoms with Crippen LogP contribution in [0.25, 0.3) is 0 Å². The maximum absolute atomic E-state index is 9.42. The first-order valence-corrected chi connectivity index (χ1v) is 6.37. The van der Waals surface area contributed by atoms with Gasteiger partial charge in [0.2, 0.25) is 0 Å². The molecule has 1 unspecified atom stereocenters. The maximum Gasteiger partial charge on any atom is 0.125 e. The summed E-state index contributed by atoms with van der Waals surface area (Å²) in [5, 5.41) is 9.42. The number of hydrogen-bond acceptors (Lipinski definition) is 2. The van der Waals surface area contributed by atoms with Gasteiger partial charge < -0.3 is 9.84 Å². The summed E-state index contributed by atoms with van der Waals surface area (Å²) >= 11 is 0. The van der Waals surface area contributed by atoms with E-state index in [0.717, 1.165) is 12.2 Å². The molecule has 0 saturated heterocycles. The second-order valence-corrected chi connectivity index (χ2v) is 4.85. The lowest BCUT2D eigenvalue weighted by molar-refractivity contribution is 0.268. The molecule has 0 aromatic heterocycles. The van der Waals surface area contributed by atoms with Gasteiger partial charge in [0.1, 0.15) is 5.75 Å². The van der Waals surface area contributed by atoms with Crippen molar-refractivity contribution in [1.29, 1.82) is 0 Å². The first-order valence-electron chi connectivity index (χ1n) is 6.37. The molecular weight excluding hydrogens is 212 g/mol. The third-order valence-corrected chi connectivity index (χ3v) is 3.29. The maximum atomic E-state index is 9.42. The molecule has 0 bridgehead atoms. The van der Waals surface area contributed by atoms with Gasteiger partial charge in [-0.25, -0.2) is 0 Å². The number of aliphatic hydroxyl groups is 1. The Balaban J connectivity index is 3.44. The highest BCUT2D eigenvalue weighted by molar-refractivity contribution is 5.49. The molecule has 0 heterocycles. The van der Waals surface area contributed by atoms with Crippen LogP contribution in [0.15, 0.2) is 12.1 Å². The third kappa shape index (κ3) is 2.81. The lowest BCUT2D eigenvalue weighted by Crippen LogP contribution is -2.09. The molecule has 1 N–H and O–H groups in total. The minimum absolute atomic E-state index is 0.119. The van der Waals surface area contributed by atoms with Gasteiger partial charge in [0.15, 0.2) is 0 Å². The predicted octanol–water partition coefficient (Wildman–Crippen LogP) is 3.48. The lowest BCUT2D eigenvalue weighted by atomic mass is 9.87. The number of aryl methyl sites for hydroxylation is 1. The molecule has 0 aliphatic carbocycles.